The fraction of sp³-hybridized carbons (Fsp3) is 0.286. The molecule has 0 bridgehead atoms. The van der Waals surface area contributed by atoms with E-state index in [-0.39, 0.29) is 5.82 Å². The first-order chi connectivity index (χ1) is 12.2. The Hall–Kier alpha value is -2.64. The number of rotatable bonds is 6. The van der Waals surface area contributed by atoms with Crippen LogP contribution in [0.25, 0.3) is 15.7 Å². The fourth-order valence-corrected chi connectivity index (χ4v) is 3.53. The number of benzene rings is 2. The van der Waals surface area contributed by atoms with Gasteiger partial charge in [0, 0.05) is 11.7 Å². The van der Waals surface area contributed by atoms with Crippen molar-refractivity contribution in [3.05, 3.63) is 77.0 Å². The Labute approximate surface area is 146 Å². The van der Waals surface area contributed by atoms with Crippen LogP contribution < -0.4 is 5.32 Å². The molecule has 0 amide bonds. The van der Waals surface area contributed by atoms with E-state index in [1.807, 2.05) is 30.3 Å². The molecule has 4 heteroatoms. The van der Waals surface area contributed by atoms with E-state index in [9.17, 15) is 4.39 Å². The highest BCUT2D eigenvalue weighted by Crippen LogP contribution is 2.49. The fourth-order valence-electron chi connectivity index (χ4n) is 3.53. The van der Waals surface area contributed by atoms with Gasteiger partial charge in [-0.3, -0.25) is 0 Å². The zero-order valence-corrected chi connectivity index (χ0v) is 13.9. The predicted molar refractivity (Wildman–Crippen MR) is 98.4 cm³/mol. The summed E-state index contributed by atoms with van der Waals surface area (Å²) in [4.78, 5) is 6.86. The van der Waals surface area contributed by atoms with Gasteiger partial charge < -0.3 is 10.3 Å². The van der Waals surface area contributed by atoms with Gasteiger partial charge in [0.25, 0.3) is 0 Å². The summed E-state index contributed by atoms with van der Waals surface area (Å²) in [5, 5.41) is 4.71. The van der Waals surface area contributed by atoms with Crippen molar-refractivity contribution < 1.29 is 4.39 Å². The van der Waals surface area contributed by atoms with Gasteiger partial charge >= 0.3 is 0 Å². The van der Waals surface area contributed by atoms with Crippen LogP contribution in [-0.2, 0) is 6.42 Å². The molecule has 126 valence electrons. The molecular formula is C21H20FN3. The molecule has 25 heavy (non-hydrogen) atoms. The van der Waals surface area contributed by atoms with E-state index in [1.54, 1.807) is 0 Å². The van der Waals surface area contributed by atoms with Crippen molar-refractivity contribution >= 4 is 16.6 Å². The lowest BCUT2D eigenvalue weighted by molar-refractivity contribution is 0.619. The number of nitrogens with zero attached hydrogens (tertiary/aromatic N) is 1. The maximum absolute atomic E-state index is 12.9. The molecule has 1 aromatic heterocycles. The lowest BCUT2D eigenvalue weighted by Gasteiger charge is -2.05. The van der Waals surface area contributed by atoms with E-state index in [1.165, 1.54) is 29.5 Å². The molecule has 3 aromatic rings. The van der Waals surface area contributed by atoms with Crippen molar-refractivity contribution in [2.75, 3.05) is 13.1 Å². The summed E-state index contributed by atoms with van der Waals surface area (Å²) < 4.78 is 12.9. The van der Waals surface area contributed by atoms with Crippen molar-refractivity contribution in [3.63, 3.8) is 0 Å². The van der Waals surface area contributed by atoms with E-state index < -0.39 is 0 Å². The predicted octanol–water partition coefficient (Wildman–Crippen LogP) is 4.79. The highest BCUT2D eigenvalue weighted by Gasteiger charge is 2.39. The third kappa shape index (κ3) is 3.42. The summed E-state index contributed by atoms with van der Waals surface area (Å²) in [6, 6.07) is 12.6. The number of nitrogens with one attached hydrogen (secondary N) is 2. The summed E-state index contributed by atoms with van der Waals surface area (Å²) in [6.45, 7) is 9.09. The Bertz CT molecular complexity index is 920. The Morgan fingerprint density at radius 3 is 2.84 bits per heavy atom. The standard InChI is InChI=1S/C21H20FN3/c1-23-17-6-7-21-19(11-17)20(13-25-21)18-10-15(18)12-24-9-8-14-2-4-16(22)5-3-14/h2-7,11,13,15,18,24-25H,8-10,12H2. The molecular weight excluding hydrogens is 313 g/mol. The number of aromatic amines is 1. The van der Waals surface area contributed by atoms with E-state index in [2.05, 4.69) is 21.3 Å². The van der Waals surface area contributed by atoms with Crippen molar-refractivity contribution in [1.82, 2.24) is 10.3 Å². The highest BCUT2D eigenvalue weighted by atomic mass is 19.1. The smallest absolute Gasteiger partial charge is 0.187 e. The number of hydrogen-bond donors (Lipinski definition) is 2. The van der Waals surface area contributed by atoms with Gasteiger partial charge in [-0.2, -0.15) is 0 Å². The Balaban J connectivity index is 1.31. The van der Waals surface area contributed by atoms with Gasteiger partial charge in [-0.15, -0.1) is 0 Å². The van der Waals surface area contributed by atoms with Crippen LogP contribution >= 0.6 is 0 Å². The van der Waals surface area contributed by atoms with Gasteiger partial charge in [-0.25, -0.2) is 9.24 Å². The highest BCUT2D eigenvalue weighted by molar-refractivity contribution is 5.87. The van der Waals surface area contributed by atoms with Crippen LogP contribution in [0, 0.1) is 18.3 Å². The molecule has 1 heterocycles. The van der Waals surface area contributed by atoms with Gasteiger partial charge in [0.05, 0.1) is 6.57 Å². The topological polar surface area (TPSA) is 32.2 Å². The lowest BCUT2D eigenvalue weighted by Crippen LogP contribution is -2.20. The second-order valence-electron chi connectivity index (χ2n) is 6.77. The largest absolute Gasteiger partial charge is 0.361 e. The first-order valence-corrected chi connectivity index (χ1v) is 8.68. The average molecular weight is 333 g/mol. The first-order valence-electron chi connectivity index (χ1n) is 8.68. The molecule has 4 rings (SSSR count). The summed E-state index contributed by atoms with van der Waals surface area (Å²) in [5.74, 6) is 1.05. The van der Waals surface area contributed by atoms with Crippen molar-refractivity contribution in [2.45, 2.75) is 18.8 Å². The second-order valence-corrected chi connectivity index (χ2v) is 6.77. The van der Waals surface area contributed by atoms with Crippen LogP contribution in [0.4, 0.5) is 10.1 Å². The number of H-pyrrole nitrogens is 1. The van der Waals surface area contributed by atoms with Crippen molar-refractivity contribution in [1.29, 1.82) is 0 Å². The quantitative estimate of drug-likeness (QED) is 0.493. The minimum atomic E-state index is -0.183. The van der Waals surface area contributed by atoms with E-state index in [0.717, 1.165) is 30.6 Å². The Morgan fingerprint density at radius 1 is 1.20 bits per heavy atom. The molecule has 2 atom stereocenters. The number of halogens is 1. The Morgan fingerprint density at radius 2 is 2.04 bits per heavy atom. The zero-order chi connectivity index (χ0) is 17.2. The molecule has 2 N–H and O–H groups in total. The number of fused-ring (bicyclic) bond motifs is 1. The van der Waals surface area contributed by atoms with Crippen LogP contribution in [0.2, 0.25) is 0 Å². The van der Waals surface area contributed by atoms with Crippen LogP contribution in [0.15, 0.2) is 48.7 Å². The Kier molecular flexibility index (Phi) is 4.25. The minimum Gasteiger partial charge on any atom is -0.361 e. The maximum atomic E-state index is 12.9. The molecule has 3 nitrogen and oxygen atoms in total. The molecule has 2 aromatic carbocycles. The summed E-state index contributed by atoms with van der Waals surface area (Å²) in [6.07, 6.45) is 4.21. The summed E-state index contributed by atoms with van der Waals surface area (Å²) >= 11 is 0. The molecule has 0 radical (unpaired) electrons. The number of hydrogen-bond acceptors (Lipinski definition) is 1. The van der Waals surface area contributed by atoms with E-state index in [0.29, 0.717) is 17.5 Å². The van der Waals surface area contributed by atoms with Crippen molar-refractivity contribution in [3.8, 4) is 0 Å². The van der Waals surface area contributed by atoms with Crippen LogP contribution in [-0.4, -0.2) is 18.1 Å². The average Bonchev–Trinajstić information content (AvgIpc) is 3.28. The molecule has 0 spiro atoms. The van der Waals surface area contributed by atoms with Gasteiger partial charge in [0.1, 0.15) is 5.82 Å². The number of aromatic nitrogens is 1. The monoisotopic (exact) mass is 333 g/mol. The second kappa shape index (κ2) is 6.70. The first kappa shape index (κ1) is 15.9. The molecule has 1 aliphatic carbocycles. The summed E-state index contributed by atoms with van der Waals surface area (Å²) in [5.41, 5.74) is 4.30. The third-order valence-electron chi connectivity index (χ3n) is 5.06. The van der Waals surface area contributed by atoms with Crippen LogP contribution in [0.5, 0.6) is 0 Å². The van der Waals surface area contributed by atoms with E-state index >= 15 is 0 Å². The minimum absolute atomic E-state index is 0.183. The van der Waals surface area contributed by atoms with Gasteiger partial charge in [0.2, 0.25) is 0 Å². The lowest BCUT2D eigenvalue weighted by atomic mass is 10.1. The molecule has 2 unspecified atom stereocenters. The molecule has 0 saturated heterocycles. The maximum Gasteiger partial charge on any atom is 0.187 e. The van der Waals surface area contributed by atoms with Crippen LogP contribution in [0.1, 0.15) is 23.5 Å². The molecule has 1 fully saturated rings. The molecule has 1 saturated carbocycles. The normalized spacial score (nSPS) is 19.0. The van der Waals surface area contributed by atoms with Gasteiger partial charge in [-0.05, 0) is 78.5 Å². The zero-order valence-electron chi connectivity index (χ0n) is 13.9. The third-order valence-corrected chi connectivity index (χ3v) is 5.06. The van der Waals surface area contributed by atoms with E-state index in [4.69, 9.17) is 6.57 Å². The van der Waals surface area contributed by atoms with Crippen molar-refractivity contribution in [2.24, 2.45) is 5.92 Å². The molecule has 1 aliphatic rings. The summed E-state index contributed by atoms with van der Waals surface area (Å²) in [7, 11) is 0. The molecule has 0 aliphatic heterocycles. The van der Waals surface area contributed by atoms with Crippen LogP contribution in [0.3, 0.4) is 0 Å². The SMILES string of the molecule is [C-]#[N+]c1ccc2[nH]cc(C3CC3CNCCc3ccc(F)cc3)c2c1. The van der Waals surface area contributed by atoms with Gasteiger partial charge in [-0.1, -0.05) is 18.2 Å². The van der Waals surface area contributed by atoms with Gasteiger partial charge in [0.15, 0.2) is 5.69 Å².